The molecule has 1 aliphatic heterocycles. The van der Waals surface area contributed by atoms with Crippen molar-refractivity contribution in [3.63, 3.8) is 0 Å². The van der Waals surface area contributed by atoms with E-state index in [0.29, 0.717) is 42.2 Å². The van der Waals surface area contributed by atoms with Gasteiger partial charge in [-0.15, -0.1) is 0 Å². The van der Waals surface area contributed by atoms with Gasteiger partial charge in [0.2, 0.25) is 0 Å². The van der Waals surface area contributed by atoms with Crippen molar-refractivity contribution in [2.24, 2.45) is 0 Å². The molecule has 0 saturated heterocycles. The fraction of sp³-hybridized carbons (Fsp3) is 0.333. The molecule has 1 atom stereocenters. The average Bonchev–Trinajstić information content (AvgIpc) is 2.64. The molecule has 152 valence electrons. The lowest BCUT2D eigenvalue weighted by molar-refractivity contribution is 0.164. The van der Waals surface area contributed by atoms with Gasteiger partial charge in [-0.25, -0.2) is 17.2 Å². The molecule has 0 fully saturated rings. The van der Waals surface area contributed by atoms with Crippen LogP contribution in [0.5, 0.6) is 11.5 Å². The van der Waals surface area contributed by atoms with E-state index in [-0.39, 0.29) is 11.7 Å². The number of anilines is 1. The standard InChI is InChI=1S/C18H19ClF2N2O4S/c1-23(2)10-6-11-16(26-3)5-4-15(18(11)27-9-10)22-28(24,25)17-8-14(21)13(20)7-12(17)19/h4-5,7-8,10,22H,6,9H2,1-3H3/t10-/m1/s1. The average molecular weight is 433 g/mol. The minimum Gasteiger partial charge on any atom is -0.496 e. The first-order valence-corrected chi connectivity index (χ1v) is 10.2. The molecule has 3 rings (SSSR count). The zero-order chi connectivity index (χ0) is 20.6. The van der Waals surface area contributed by atoms with Crippen LogP contribution in [0.4, 0.5) is 14.5 Å². The van der Waals surface area contributed by atoms with Gasteiger partial charge in [-0.3, -0.25) is 4.72 Å². The summed E-state index contributed by atoms with van der Waals surface area (Å²) in [6, 6.07) is 4.35. The van der Waals surface area contributed by atoms with E-state index in [2.05, 4.69) is 4.72 Å². The Morgan fingerprint density at radius 2 is 1.93 bits per heavy atom. The van der Waals surface area contributed by atoms with Crippen molar-refractivity contribution >= 4 is 27.3 Å². The van der Waals surface area contributed by atoms with Crippen LogP contribution in [0.15, 0.2) is 29.2 Å². The van der Waals surface area contributed by atoms with Crippen molar-refractivity contribution in [3.05, 3.63) is 46.5 Å². The van der Waals surface area contributed by atoms with Crippen molar-refractivity contribution in [3.8, 4) is 11.5 Å². The Labute approximate surface area is 167 Å². The number of ether oxygens (including phenoxy) is 2. The van der Waals surface area contributed by atoms with Gasteiger partial charge in [0.15, 0.2) is 11.6 Å². The molecule has 0 saturated carbocycles. The van der Waals surface area contributed by atoms with E-state index in [1.165, 1.54) is 13.2 Å². The van der Waals surface area contributed by atoms with Crippen LogP contribution in [-0.2, 0) is 16.4 Å². The summed E-state index contributed by atoms with van der Waals surface area (Å²) in [6.07, 6.45) is 0.590. The number of methoxy groups -OCH3 is 1. The Balaban J connectivity index is 2.02. The maximum atomic E-state index is 13.5. The normalized spacial score (nSPS) is 16.5. The third-order valence-corrected chi connectivity index (χ3v) is 6.37. The molecule has 2 aromatic carbocycles. The number of hydrogen-bond acceptors (Lipinski definition) is 5. The molecule has 0 spiro atoms. The van der Waals surface area contributed by atoms with Crippen molar-refractivity contribution in [2.75, 3.05) is 32.5 Å². The molecule has 0 amide bonds. The first kappa shape index (κ1) is 20.6. The largest absolute Gasteiger partial charge is 0.496 e. The van der Waals surface area contributed by atoms with E-state index in [1.807, 2.05) is 19.0 Å². The molecule has 0 unspecified atom stereocenters. The number of nitrogens with zero attached hydrogens (tertiary/aromatic N) is 1. The quantitative estimate of drug-likeness (QED) is 0.734. The molecule has 0 aromatic heterocycles. The van der Waals surface area contributed by atoms with E-state index in [4.69, 9.17) is 21.1 Å². The van der Waals surface area contributed by atoms with E-state index in [9.17, 15) is 17.2 Å². The van der Waals surface area contributed by atoms with Crippen LogP contribution < -0.4 is 14.2 Å². The number of benzene rings is 2. The van der Waals surface area contributed by atoms with Crippen LogP contribution in [0.1, 0.15) is 5.56 Å². The molecular weight excluding hydrogens is 414 g/mol. The molecule has 28 heavy (non-hydrogen) atoms. The molecule has 1 heterocycles. The Bertz CT molecular complexity index is 1020. The lowest BCUT2D eigenvalue weighted by Crippen LogP contribution is -2.38. The zero-order valence-electron chi connectivity index (χ0n) is 15.4. The number of likely N-dealkylation sites (N-methyl/N-ethyl adjacent to an activating group) is 1. The number of hydrogen-bond donors (Lipinski definition) is 1. The van der Waals surface area contributed by atoms with E-state index >= 15 is 0 Å². The Morgan fingerprint density at radius 1 is 1.25 bits per heavy atom. The number of halogens is 3. The van der Waals surface area contributed by atoms with Crippen LogP contribution in [0.2, 0.25) is 5.02 Å². The predicted molar refractivity (Wildman–Crippen MR) is 102 cm³/mol. The third-order valence-electron chi connectivity index (χ3n) is 4.54. The summed E-state index contributed by atoms with van der Waals surface area (Å²) in [5, 5.41) is -0.428. The summed E-state index contributed by atoms with van der Waals surface area (Å²) in [7, 11) is 1.07. The van der Waals surface area contributed by atoms with E-state index in [1.54, 1.807) is 6.07 Å². The minimum atomic E-state index is -4.29. The molecule has 1 N–H and O–H groups in total. The van der Waals surface area contributed by atoms with Gasteiger partial charge in [0, 0.05) is 11.6 Å². The van der Waals surface area contributed by atoms with Gasteiger partial charge in [-0.1, -0.05) is 11.6 Å². The van der Waals surface area contributed by atoms with Gasteiger partial charge in [0.25, 0.3) is 10.0 Å². The number of nitrogens with one attached hydrogen (secondary N) is 1. The van der Waals surface area contributed by atoms with Crippen LogP contribution in [0.25, 0.3) is 0 Å². The summed E-state index contributed by atoms with van der Waals surface area (Å²) in [4.78, 5) is 1.43. The summed E-state index contributed by atoms with van der Waals surface area (Å²) < 4.78 is 65.8. The highest BCUT2D eigenvalue weighted by Crippen LogP contribution is 2.41. The zero-order valence-corrected chi connectivity index (χ0v) is 17.0. The topological polar surface area (TPSA) is 67.9 Å². The highest BCUT2D eigenvalue weighted by Gasteiger charge is 2.29. The lowest BCUT2D eigenvalue weighted by atomic mass is 10.00. The van der Waals surface area contributed by atoms with Gasteiger partial charge >= 0.3 is 0 Å². The fourth-order valence-corrected chi connectivity index (χ4v) is 4.54. The number of fused-ring (bicyclic) bond motifs is 1. The molecule has 0 radical (unpaired) electrons. The van der Waals surface area contributed by atoms with Gasteiger partial charge in [0.1, 0.15) is 23.0 Å². The molecule has 2 aromatic rings. The molecule has 0 aliphatic carbocycles. The predicted octanol–water partition coefficient (Wildman–Crippen LogP) is 3.29. The lowest BCUT2D eigenvalue weighted by Gasteiger charge is -2.32. The Hall–Kier alpha value is -2.10. The molecule has 0 bridgehead atoms. The molecule has 10 heteroatoms. The summed E-state index contributed by atoms with van der Waals surface area (Å²) in [6.45, 7) is 0.355. The van der Waals surface area contributed by atoms with Gasteiger partial charge in [-0.2, -0.15) is 0 Å². The van der Waals surface area contributed by atoms with Crippen molar-refractivity contribution in [2.45, 2.75) is 17.4 Å². The van der Waals surface area contributed by atoms with Crippen LogP contribution in [0.3, 0.4) is 0 Å². The second kappa shape index (κ2) is 7.73. The van der Waals surface area contributed by atoms with Crippen LogP contribution >= 0.6 is 11.6 Å². The summed E-state index contributed by atoms with van der Waals surface area (Å²) >= 11 is 5.81. The third kappa shape index (κ3) is 3.87. The monoisotopic (exact) mass is 432 g/mol. The minimum absolute atomic E-state index is 0.0916. The highest BCUT2D eigenvalue weighted by molar-refractivity contribution is 7.92. The summed E-state index contributed by atoms with van der Waals surface area (Å²) in [5.74, 6) is -1.65. The first-order chi connectivity index (χ1) is 13.1. The Kier molecular flexibility index (Phi) is 5.69. The number of sulfonamides is 1. The van der Waals surface area contributed by atoms with Crippen molar-refractivity contribution < 1.29 is 26.7 Å². The van der Waals surface area contributed by atoms with Crippen LogP contribution in [0, 0.1) is 11.6 Å². The SMILES string of the molecule is COc1ccc(NS(=O)(=O)c2cc(F)c(F)cc2Cl)c2c1C[C@@H](N(C)C)CO2. The van der Waals surface area contributed by atoms with Crippen molar-refractivity contribution in [1.29, 1.82) is 0 Å². The summed E-state index contributed by atoms with van der Waals surface area (Å²) in [5.41, 5.74) is 0.873. The maximum Gasteiger partial charge on any atom is 0.263 e. The van der Waals surface area contributed by atoms with Crippen molar-refractivity contribution in [1.82, 2.24) is 4.90 Å². The smallest absolute Gasteiger partial charge is 0.263 e. The second-order valence-corrected chi connectivity index (χ2v) is 8.62. The fourth-order valence-electron chi connectivity index (χ4n) is 2.96. The number of rotatable bonds is 5. The van der Waals surface area contributed by atoms with E-state index in [0.717, 1.165) is 0 Å². The highest BCUT2D eigenvalue weighted by atomic mass is 35.5. The van der Waals surface area contributed by atoms with E-state index < -0.39 is 31.6 Å². The first-order valence-electron chi connectivity index (χ1n) is 8.30. The maximum absolute atomic E-state index is 13.5. The van der Waals surface area contributed by atoms with Gasteiger partial charge in [0.05, 0.1) is 17.8 Å². The second-order valence-electron chi connectivity index (χ2n) is 6.56. The van der Waals surface area contributed by atoms with Gasteiger partial charge < -0.3 is 14.4 Å². The molecule has 1 aliphatic rings. The molecule has 6 nitrogen and oxygen atoms in total. The Morgan fingerprint density at radius 3 is 2.57 bits per heavy atom. The molecular formula is C18H19ClF2N2O4S. The van der Waals surface area contributed by atoms with Crippen LogP contribution in [-0.4, -0.2) is 47.2 Å². The van der Waals surface area contributed by atoms with Gasteiger partial charge in [-0.05, 0) is 44.8 Å².